The van der Waals surface area contributed by atoms with Crippen LogP contribution in [0.2, 0.25) is 0 Å². The molecule has 1 aromatic rings. The van der Waals surface area contributed by atoms with Gasteiger partial charge in [-0.15, -0.1) is 0 Å². The Labute approximate surface area is 104 Å². The minimum absolute atomic E-state index is 0.108. The molecule has 1 aliphatic rings. The molecular weight excluding hydrogens is 210 g/mol. The summed E-state index contributed by atoms with van der Waals surface area (Å²) in [5, 5.41) is 0. The van der Waals surface area contributed by atoms with Crippen LogP contribution in [-0.2, 0) is 11.8 Å². The van der Waals surface area contributed by atoms with Crippen LogP contribution in [0.25, 0.3) is 0 Å². The van der Waals surface area contributed by atoms with E-state index in [1.807, 2.05) is 0 Å². The summed E-state index contributed by atoms with van der Waals surface area (Å²) in [6.07, 6.45) is 4.62. The summed E-state index contributed by atoms with van der Waals surface area (Å²) in [6.45, 7) is 4.48. The number of nitrogens with two attached hydrogens (primary N) is 1. The number of methoxy groups -OCH3 is 1. The van der Waals surface area contributed by atoms with Crippen molar-refractivity contribution < 1.29 is 4.74 Å². The molecule has 94 valence electrons. The number of aryl methyl sites for hydroxylation is 1. The highest BCUT2D eigenvalue weighted by Gasteiger charge is 2.36. The van der Waals surface area contributed by atoms with Crippen LogP contribution < -0.4 is 10.5 Å². The molecule has 17 heavy (non-hydrogen) atoms. The first-order chi connectivity index (χ1) is 8.11. The van der Waals surface area contributed by atoms with Crippen LogP contribution >= 0.6 is 0 Å². The Morgan fingerprint density at radius 1 is 1.47 bits per heavy atom. The molecule has 1 aromatic carbocycles. The molecule has 2 rings (SSSR count). The zero-order valence-corrected chi connectivity index (χ0v) is 11.1. The first-order valence-corrected chi connectivity index (χ1v) is 6.54. The predicted molar refractivity (Wildman–Crippen MR) is 71.6 cm³/mol. The summed E-state index contributed by atoms with van der Waals surface area (Å²) in [5.74, 6) is 0.945. The van der Waals surface area contributed by atoms with Crippen LogP contribution in [0.4, 0.5) is 0 Å². The van der Waals surface area contributed by atoms with Gasteiger partial charge in [0.25, 0.3) is 0 Å². The van der Waals surface area contributed by atoms with E-state index in [0.29, 0.717) is 0 Å². The van der Waals surface area contributed by atoms with Crippen LogP contribution in [0.3, 0.4) is 0 Å². The van der Waals surface area contributed by atoms with Gasteiger partial charge in [0.2, 0.25) is 0 Å². The molecule has 2 heteroatoms. The van der Waals surface area contributed by atoms with Crippen molar-refractivity contribution in [3.63, 3.8) is 0 Å². The Morgan fingerprint density at radius 2 is 2.24 bits per heavy atom. The maximum atomic E-state index is 6.35. The lowest BCUT2D eigenvalue weighted by Crippen LogP contribution is -2.45. The van der Waals surface area contributed by atoms with Crippen LogP contribution in [0, 0.1) is 0 Å². The van der Waals surface area contributed by atoms with Gasteiger partial charge in [0.1, 0.15) is 5.75 Å². The van der Waals surface area contributed by atoms with Gasteiger partial charge in [-0.1, -0.05) is 19.9 Å². The van der Waals surface area contributed by atoms with Crippen molar-refractivity contribution in [1.29, 1.82) is 0 Å². The van der Waals surface area contributed by atoms with Crippen LogP contribution in [-0.4, -0.2) is 13.2 Å². The van der Waals surface area contributed by atoms with Gasteiger partial charge in [-0.3, -0.25) is 0 Å². The maximum absolute atomic E-state index is 6.35. The average molecular weight is 233 g/mol. The van der Waals surface area contributed by atoms with Crippen molar-refractivity contribution in [1.82, 2.24) is 0 Å². The van der Waals surface area contributed by atoms with Gasteiger partial charge in [-0.2, -0.15) is 0 Å². The molecule has 1 aliphatic carbocycles. The fourth-order valence-electron chi connectivity index (χ4n) is 3.05. The Morgan fingerprint density at radius 3 is 2.88 bits per heavy atom. The van der Waals surface area contributed by atoms with E-state index in [4.69, 9.17) is 10.5 Å². The minimum atomic E-state index is 0.108. The van der Waals surface area contributed by atoms with Crippen molar-refractivity contribution in [3.05, 3.63) is 29.3 Å². The minimum Gasteiger partial charge on any atom is -0.497 e. The van der Waals surface area contributed by atoms with E-state index in [1.54, 1.807) is 7.11 Å². The first-order valence-electron chi connectivity index (χ1n) is 6.54. The molecule has 2 N–H and O–H groups in total. The average Bonchev–Trinajstić information content (AvgIpc) is 2.37. The van der Waals surface area contributed by atoms with E-state index in [0.717, 1.165) is 12.2 Å². The molecule has 0 saturated heterocycles. The molecule has 0 saturated carbocycles. The lowest BCUT2D eigenvalue weighted by molar-refractivity contribution is 0.313. The Kier molecular flexibility index (Phi) is 3.43. The van der Waals surface area contributed by atoms with Gasteiger partial charge in [0, 0.05) is 11.5 Å². The lowest BCUT2D eigenvalue weighted by atomic mass is 9.66. The van der Waals surface area contributed by atoms with Gasteiger partial charge < -0.3 is 10.5 Å². The van der Waals surface area contributed by atoms with E-state index >= 15 is 0 Å². The number of fused-ring (bicyclic) bond motifs is 1. The molecule has 0 bridgehead atoms. The standard InChI is InChI=1S/C15H23NO/c1-4-14(16)15(2)9-5-6-11-7-8-12(17-3)10-13(11)15/h7-8,10,14H,4-6,9,16H2,1-3H3. The SMILES string of the molecule is CCC(N)C1(C)CCCc2ccc(OC)cc21. The smallest absolute Gasteiger partial charge is 0.119 e. The predicted octanol–water partition coefficient (Wildman–Crippen LogP) is 3.03. The van der Waals surface area contributed by atoms with Gasteiger partial charge in [-0.25, -0.2) is 0 Å². The van der Waals surface area contributed by atoms with Crippen molar-refractivity contribution in [2.75, 3.05) is 7.11 Å². The van der Waals surface area contributed by atoms with Crippen molar-refractivity contribution in [3.8, 4) is 5.75 Å². The van der Waals surface area contributed by atoms with E-state index < -0.39 is 0 Å². The van der Waals surface area contributed by atoms with E-state index in [1.165, 1.54) is 30.4 Å². The van der Waals surface area contributed by atoms with Gasteiger partial charge >= 0.3 is 0 Å². The monoisotopic (exact) mass is 233 g/mol. The molecule has 2 unspecified atom stereocenters. The second-order valence-electron chi connectivity index (χ2n) is 5.31. The summed E-state index contributed by atoms with van der Waals surface area (Å²) >= 11 is 0. The van der Waals surface area contributed by atoms with Crippen LogP contribution in [0.1, 0.15) is 44.2 Å². The van der Waals surface area contributed by atoms with Gasteiger partial charge in [0.15, 0.2) is 0 Å². The number of hydrogen-bond donors (Lipinski definition) is 1. The van der Waals surface area contributed by atoms with E-state index in [2.05, 4.69) is 32.0 Å². The number of hydrogen-bond acceptors (Lipinski definition) is 2. The molecule has 0 amide bonds. The zero-order valence-electron chi connectivity index (χ0n) is 11.1. The largest absolute Gasteiger partial charge is 0.497 e. The molecule has 2 nitrogen and oxygen atoms in total. The zero-order chi connectivity index (χ0) is 12.5. The Bertz CT molecular complexity index is 402. The second-order valence-corrected chi connectivity index (χ2v) is 5.31. The molecule has 0 aliphatic heterocycles. The molecular formula is C15H23NO. The topological polar surface area (TPSA) is 35.2 Å². The van der Waals surface area contributed by atoms with E-state index in [9.17, 15) is 0 Å². The normalized spacial score (nSPS) is 25.2. The van der Waals surface area contributed by atoms with Crippen molar-refractivity contribution >= 4 is 0 Å². The quantitative estimate of drug-likeness (QED) is 0.871. The summed E-state index contributed by atoms with van der Waals surface area (Å²) in [6, 6.07) is 6.67. The summed E-state index contributed by atoms with van der Waals surface area (Å²) < 4.78 is 5.35. The molecule has 0 aromatic heterocycles. The fraction of sp³-hybridized carbons (Fsp3) is 0.600. The first kappa shape index (κ1) is 12.4. The molecule has 0 heterocycles. The molecule has 0 spiro atoms. The van der Waals surface area contributed by atoms with E-state index in [-0.39, 0.29) is 11.5 Å². The van der Waals surface area contributed by atoms with Crippen LogP contribution in [0.15, 0.2) is 18.2 Å². The fourth-order valence-corrected chi connectivity index (χ4v) is 3.05. The van der Waals surface area contributed by atoms with Gasteiger partial charge in [-0.05, 0) is 48.9 Å². The Hall–Kier alpha value is -1.02. The number of rotatable bonds is 3. The summed E-state index contributed by atoms with van der Waals surface area (Å²) in [7, 11) is 1.72. The van der Waals surface area contributed by atoms with Crippen LogP contribution in [0.5, 0.6) is 5.75 Å². The van der Waals surface area contributed by atoms with Crippen molar-refractivity contribution in [2.24, 2.45) is 5.73 Å². The highest BCUT2D eigenvalue weighted by atomic mass is 16.5. The summed E-state index contributed by atoms with van der Waals surface area (Å²) in [4.78, 5) is 0. The summed E-state index contributed by atoms with van der Waals surface area (Å²) in [5.41, 5.74) is 9.30. The third kappa shape index (κ3) is 2.06. The number of benzene rings is 1. The third-order valence-electron chi connectivity index (χ3n) is 4.33. The lowest BCUT2D eigenvalue weighted by Gasteiger charge is -2.40. The molecule has 0 radical (unpaired) electrons. The number of ether oxygens (including phenoxy) is 1. The maximum Gasteiger partial charge on any atom is 0.119 e. The van der Waals surface area contributed by atoms with Gasteiger partial charge in [0.05, 0.1) is 7.11 Å². The highest BCUT2D eigenvalue weighted by molar-refractivity contribution is 5.43. The highest BCUT2D eigenvalue weighted by Crippen LogP contribution is 2.41. The third-order valence-corrected chi connectivity index (χ3v) is 4.33. The second kappa shape index (κ2) is 4.69. The van der Waals surface area contributed by atoms with Crippen molar-refractivity contribution in [2.45, 2.75) is 51.0 Å². The molecule has 2 atom stereocenters. The molecule has 0 fully saturated rings. The Balaban J connectivity index is 2.48.